The van der Waals surface area contributed by atoms with Gasteiger partial charge in [0, 0.05) is 11.6 Å². The van der Waals surface area contributed by atoms with E-state index >= 15 is 0 Å². The predicted molar refractivity (Wildman–Crippen MR) is 64.8 cm³/mol. The molecule has 0 unspecified atom stereocenters. The fourth-order valence-corrected chi connectivity index (χ4v) is 1.79. The summed E-state index contributed by atoms with van der Waals surface area (Å²) in [5, 5.41) is 6.15. The molecule has 0 rings (SSSR count). The van der Waals surface area contributed by atoms with Gasteiger partial charge >= 0.3 is 0 Å². The molecule has 90 valence electrons. The molecule has 0 aliphatic carbocycles. The third-order valence-electron chi connectivity index (χ3n) is 2.07. The molecule has 0 spiro atoms. The van der Waals surface area contributed by atoms with E-state index in [1.165, 1.54) is 0 Å². The minimum absolute atomic E-state index is 0.0781. The highest BCUT2D eigenvalue weighted by Gasteiger charge is 2.21. The molecule has 1 amide bonds. The standard InChI is InChI=1S/C12H26N2O/c1-9(2)7-12(5,6)14-11(15)8-13-10(3)4/h9-10,13H,7-8H2,1-6H3,(H,14,15). The Labute approximate surface area is 94.0 Å². The summed E-state index contributed by atoms with van der Waals surface area (Å²) >= 11 is 0. The highest BCUT2D eigenvalue weighted by molar-refractivity contribution is 5.78. The van der Waals surface area contributed by atoms with Gasteiger partial charge < -0.3 is 10.6 Å². The lowest BCUT2D eigenvalue weighted by Crippen LogP contribution is -2.48. The topological polar surface area (TPSA) is 41.1 Å². The van der Waals surface area contributed by atoms with Gasteiger partial charge in [0.25, 0.3) is 0 Å². The van der Waals surface area contributed by atoms with E-state index in [9.17, 15) is 4.79 Å². The zero-order chi connectivity index (χ0) is 12.1. The number of amides is 1. The second-order valence-corrected chi connectivity index (χ2v) is 5.57. The molecule has 3 nitrogen and oxygen atoms in total. The maximum absolute atomic E-state index is 11.6. The van der Waals surface area contributed by atoms with Crippen LogP contribution in [0.2, 0.25) is 0 Å². The number of rotatable bonds is 6. The van der Waals surface area contributed by atoms with Gasteiger partial charge in [0.1, 0.15) is 0 Å². The second kappa shape index (κ2) is 6.11. The highest BCUT2D eigenvalue weighted by atomic mass is 16.2. The van der Waals surface area contributed by atoms with Crippen LogP contribution in [0.1, 0.15) is 48.0 Å². The Morgan fingerprint density at radius 1 is 1.20 bits per heavy atom. The summed E-state index contributed by atoms with van der Waals surface area (Å²) < 4.78 is 0. The Balaban J connectivity index is 3.93. The van der Waals surface area contributed by atoms with Crippen LogP contribution < -0.4 is 10.6 Å². The van der Waals surface area contributed by atoms with Crippen molar-refractivity contribution in [3.05, 3.63) is 0 Å². The highest BCUT2D eigenvalue weighted by Crippen LogP contribution is 2.14. The zero-order valence-electron chi connectivity index (χ0n) is 11.0. The monoisotopic (exact) mass is 214 g/mol. The average molecular weight is 214 g/mol. The summed E-state index contributed by atoms with van der Waals surface area (Å²) in [6.07, 6.45) is 1.00. The lowest BCUT2D eigenvalue weighted by molar-refractivity contribution is -0.122. The normalized spacial score (nSPS) is 12.3. The van der Waals surface area contributed by atoms with Crippen molar-refractivity contribution < 1.29 is 4.79 Å². The summed E-state index contributed by atoms with van der Waals surface area (Å²) in [6, 6.07) is 0.351. The van der Waals surface area contributed by atoms with Crippen LogP contribution in [0.5, 0.6) is 0 Å². The van der Waals surface area contributed by atoms with Crippen molar-refractivity contribution in [3.63, 3.8) is 0 Å². The van der Waals surface area contributed by atoms with Crippen molar-refractivity contribution >= 4 is 5.91 Å². The molecule has 0 aromatic carbocycles. The van der Waals surface area contributed by atoms with Gasteiger partial charge in [-0.3, -0.25) is 4.79 Å². The fourth-order valence-electron chi connectivity index (χ4n) is 1.79. The van der Waals surface area contributed by atoms with Gasteiger partial charge in [-0.15, -0.1) is 0 Å². The molecule has 3 heteroatoms. The summed E-state index contributed by atoms with van der Waals surface area (Å²) in [5.41, 5.74) is -0.107. The number of carbonyl (C=O) groups is 1. The third kappa shape index (κ3) is 8.43. The van der Waals surface area contributed by atoms with Gasteiger partial charge in [0.05, 0.1) is 6.54 Å². The molecule has 0 aliphatic heterocycles. The number of hydrogen-bond acceptors (Lipinski definition) is 2. The van der Waals surface area contributed by atoms with E-state index in [0.29, 0.717) is 18.5 Å². The Hall–Kier alpha value is -0.570. The van der Waals surface area contributed by atoms with Crippen molar-refractivity contribution in [3.8, 4) is 0 Å². The SMILES string of the molecule is CC(C)CC(C)(C)NC(=O)CNC(C)C. The Kier molecular flexibility index (Phi) is 5.88. The molecule has 15 heavy (non-hydrogen) atoms. The maximum Gasteiger partial charge on any atom is 0.234 e. The molecule has 0 fully saturated rings. The lowest BCUT2D eigenvalue weighted by atomic mass is 9.93. The minimum atomic E-state index is -0.107. The third-order valence-corrected chi connectivity index (χ3v) is 2.07. The van der Waals surface area contributed by atoms with E-state index in [1.54, 1.807) is 0 Å². The van der Waals surface area contributed by atoms with E-state index in [2.05, 4.69) is 38.3 Å². The van der Waals surface area contributed by atoms with Crippen LogP contribution in [-0.2, 0) is 4.79 Å². The van der Waals surface area contributed by atoms with Crippen LogP contribution in [-0.4, -0.2) is 24.0 Å². The maximum atomic E-state index is 11.6. The van der Waals surface area contributed by atoms with Gasteiger partial charge in [0.15, 0.2) is 0 Å². The van der Waals surface area contributed by atoms with Crippen LogP contribution >= 0.6 is 0 Å². The Morgan fingerprint density at radius 2 is 1.73 bits per heavy atom. The molecular formula is C12H26N2O. The van der Waals surface area contributed by atoms with Gasteiger partial charge in [-0.25, -0.2) is 0 Å². The quantitative estimate of drug-likeness (QED) is 0.709. The smallest absolute Gasteiger partial charge is 0.234 e. The molecule has 0 bridgehead atoms. The summed E-state index contributed by atoms with van der Waals surface area (Å²) in [4.78, 5) is 11.6. The molecule has 0 aliphatic rings. The van der Waals surface area contributed by atoms with Gasteiger partial charge in [-0.2, -0.15) is 0 Å². The fraction of sp³-hybridized carbons (Fsp3) is 0.917. The molecule has 0 saturated heterocycles. The number of carbonyl (C=O) groups excluding carboxylic acids is 1. The first-order valence-electron chi connectivity index (χ1n) is 5.77. The molecule has 2 N–H and O–H groups in total. The average Bonchev–Trinajstić information content (AvgIpc) is 1.96. The van der Waals surface area contributed by atoms with Crippen molar-refractivity contribution in [2.45, 2.75) is 59.5 Å². The molecule has 0 radical (unpaired) electrons. The molecule has 0 saturated carbocycles. The summed E-state index contributed by atoms with van der Waals surface area (Å²) in [7, 11) is 0. The number of nitrogens with one attached hydrogen (secondary N) is 2. The van der Waals surface area contributed by atoms with Crippen LogP contribution in [0.4, 0.5) is 0 Å². The van der Waals surface area contributed by atoms with Crippen molar-refractivity contribution in [2.75, 3.05) is 6.54 Å². The van der Waals surface area contributed by atoms with Crippen molar-refractivity contribution in [2.24, 2.45) is 5.92 Å². The summed E-state index contributed by atoms with van der Waals surface area (Å²) in [5.74, 6) is 0.674. The number of hydrogen-bond donors (Lipinski definition) is 2. The first-order valence-corrected chi connectivity index (χ1v) is 5.77. The van der Waals surface area contributed by atoms with Gasteiger partial charge in [-0.05, 0) is 26.2 Å². The van der Waals surface area contributed by atoms with Crippen molar-refractivity contribution in [1.29, 1.82) is 0 Å². The molecule has 0 atom stereocenters. The summed E-state index contributed by atoms with van der Waals surface area (Å²) in [6.45, 7) is 12.9. The molecular weight excluding hydrogens is 188 g/mol. The van der Waals surface area contributed by atoms with Gasteiger partial charge in [0.2, 0.25) is 5.91 Å². The van der Waals surface area contributed by atoms with E-state index in [4.69, 9.17) is 0 Å². The van der Waals surface area contributed by atoms with Crippen LogP contribution in [0.25, 0.3) is 0 Å². The van der Waals surface area contributed by atoms with E-state index < -0.39 is 0 Å². The van der Waals surface area contributed by atoms with Gasteiger partial charge in [-0.1, -0.05) is 27.7 Å². The van der Waals surface area contributed by atoms with Crippen LogP contribution in [0.3, 0.4) is 0 Å². The molecule has 0 aromatic rings. The van der Waals surface area contributed by atoms with E-state index in [-0.39, 0.29) is 11.4 Å². The van der Waals surface area contributed by atoms with E-state index in [1.807, 2.05) is 13.8 Å². The Morgan fingerprint density at radius 3 is 2.13 bits per heavy atom. The van der Waals surface area contributed by atoms with E-state index in [0.717, 1.165) is 6.42 Å². The second-order valence-electron chi connectivity index (χ2n) is 5.57. The Bertz CT molecular complexity index is 198. The first-order chi connectivity index (χ1) is 6.73. The largest absolute Gasteiger partial charge is 0.350 e. The zero-order valence-corrected chi connectivity index (χ0v) is 11.0. The van der Waals surface area contributed by atoms with Crippen LogP contribution in [0, 0.1) is 5.92 Å². The molecule has 0 heterocycles. The molecule has 0 aromatic heterocycles. The van der Waals surface area contributed by atoms with Crippen LogP contribution in [0.15, 0.2) is 0 Å². The first kappa shape index (κ1) is 14.4. The van der Waals surface area contributed by atoms with Crippen molar-refractivity contribution in [1.82, 2.24) is 10.6 Å². The lowest BCUT2D eigenvalue weighted by Gasteiger charge is -2.28. The minimum Gasteiger partial charge on any atom is -0.350 e. The predicted octanol–water partition coefficient (Wildman–Crippen LogP) is 1.93.